The van der Waals surface area contributed by atoms with Crippen LogP contribution in [0.4, 0.5) is 0 Å². The second-order valence-corrected chi connectivity index (χ2v) is 4.93. The minimum atomic E-state index is 0.344. The number of hydrogen-bond donors (Lipinski definition) is 1. The van der Waals surface area contributed by atoms with Gasteiger partial charge in [-0.05, 0) is 32.5 Å². The molecular weight excluding hydrogens is 176 g/mol. The van der Waals surface area contributed by atoms with Crippen LogP contribution in [0.25, 0.3) is 0 Å². The van der Waals surface area contributed by atoms with Crippen molar-refractivity contribution < 1.29 is 4.74 Å². The number of ether oxygens (including phenoxy) is 1. The number of nitrogens with one attached hydrogen (secondary N) is 1. The largest absolute Gasteiger partial charge is 0.385 e. The molecule has 0 unspecified atom stereocenters. The van der Waals surface area contributed by atoms with Crippen molar-refractivity contribution in [2.24, 2.45) is 5.41 Å². The minimum absolute atomic E-state index is 0.344. The fourth-order valence-electron chi connectivity index (χ4n) is 1.68. The summed E-state index contributed by atoms with van der Waals surface area (Å²) in [5.41, 5.74) is 0.344. The second kappa shape index (κ2) is 7.21. The number of nitrogens with zero attached hydrogens (tertiary/aromatic N) is 1. The molecule has 0 heterocycles. The zero-order valence-corrected chi connectivity index (χ0v) is 10.4. The molecule has 0 aromatic carbocycles. The molecule has 0 aromatic heterocycles. The van der Waals surface area contributed by atoms with E-state index in [1.807, 2.05) is 0 Å². The van der Waals surface area contributed by atoms with Gasteiger partial charge in [-0.15, -0.1) is 0 Å². The Kier molecular flexibility index (Phi) is 7.15. The molecule has 0 atom stereocenters. The van der Waals surface area contributed by atoms with Crippen molar-refractivity contribution >= 4 is 0 Å². The molecule has 0 saturated carbocycles. The van der Waals surface area contributed by atoms with Gasteiger partial charge < -0.3 is 15.0 Å². The maximum Gasteiger partial charge on any atom is 0.0474 e. The highest BCUT2D eigenvalue weighted by Gasteiger charge is 2.17. The molecular formula is C11H26N2O. The fourth-order valence-corrected chi connectivity index (χ4v) is 1.68. The van der Waals surface area contributed by atoms with Crippen LogP contribution in [-0.4, -0.2) is 52.3 Å². The first-order chi connectivity index (χ1) is 6.48. The van der Waals surface area contributed by atoms with Crippen LogP contribution in [0.2, 0.25) is 0 Å². The van der Waals surface area contributed by atoms with E-state index in [-0.39, 0.29) is 0 Å². The highest BCUT2D eigenvalue weighted by molar-refractivity contribution is 4.73. The summed E-state index contributed by atoms with van der Waals surface area (Å²) in [7, 11) is 5.98. The first kappa shape index (κ1) is 13.9. The lowest BCUT2D eigenvalue weighted by Crippen LogP contribution is -2.38. The summed E-state index contributed by atoms with van der Waals surface area (Å²) in [5, 5.41) is 3.46. The standard InChI is InChI=1S/C11H26N2O/c1-11(2,10-13(3)4)9-12-7-6-8-14-5/h12H,6-10H2,1-5H3. The van der Waals surface area contributed by atoms with Gasteiger partial charge in [-0.1, -0.05) is 13.8 Å². The fraction of sp³-hybridized carbons (Fsp3) is 1.00. The molecule has 0 saturated heterocycles. The normalized spacial score (nSPS) is 12.4. The van der Waals surface area contributed by atoms with E-state index < -0.39 is 0 Å². The summed E-state index contributed by atoms with van der Waals surface area (Å²) in [6.45, 7) is 8.65. The van der Waals surface area contributed by atoms with Crippen molar-refractivity contribution in [2.75, 3.05) is 47.4 Å². The van der Waals surface area contributed by atoms with E-state index in [1.165, 1.54) is 0 Å². The van der Waals surface area contributed by atoms with E-state index in [2.05, 4.69) is 38.2 Å². The first-order valence-electron chi connectivity index (χ1n) is 5.32. The highest BCUT2D eigenvalue weighted by atomic mass is 16.5. The minimum Gasteiger partial charge on any atom is -0.385 e. The van der Waals surface area contributed by atoms with E-state index in [9.17, 15) is 0 Å². The molecule has 3 heteroatoms. The second-order valence-electron chi connectivity index (χ2n) is 4.93. The van der Waals surface area contributed by atoms with Crippen molar-refractivity contribution in [3.63, 3.8) is 0 Å². The third kappa shape index (κ3) is 8.48. The Labute approximate surface area is 88.8 Å². The van der Waals surface area contributed by atoms with Gasteiger partial charge in [0.25, 0.3) is 0 Å². The third-order valence-electron chi connectivity index (χ3n) is 2.05. The molecule has 0 bridgehead atoms. The van der Waals surface area contributed by atoms with Gasteiger partial charge in [-0.25, -0.2) is 0 Å². The van der Waals surface area contributed by atoms with Crippen LogP contribution in [-0.2, 0) is 4.74 Å². The van der Waals surface area contributed by atoms with Crippen molar-refractivity contribution in [2.45, 2.75) is 20.3 Å². The summed E-state index contributed by atoms with van der Waals surface area (Å²) >= 11 is 0. The number of rotatable bonds is 8. The molecule has 0 aliphatic heterocycles. The SMILES string of the molecule is COCCCNCC(C)(C)CN(C)C. The molecule has 0 aromatic rings. The topological polar surface area (TPSA) is 24.5 Å². The van der Waals surface area contributed by atoms with Gasteiger partial charge in [-0.3, -0.25) is 0 Å². The van der Waals surface area contributed by atoms with Crippen LogP contribution in [0, 0.1) is 5.41 Å². The Balaban J connectivity index is 3.45. The quantitative estimate of drug-likeness (QED) is 0.599. The maximum atomic E-state index is 4.99. The summed E-state index contributed by atoms with van der Waals surface area (Å²) < 4.78 is 4.99. The lowest BCUT2D eigenvalue weighted by Gasteiger charge is -2.28. The molecule has 0 rings (SSSR count). The summed E-state index contributed by atoms with van der Waals surface area (Å²) in [5.74, 6) is 0. The highest BCUT2D eigenvalue weighted by Crippen LogP contribution is 2.13. The molecule has 0 aliphatic carbocycles. The molecule has 1 N–H and O–H groups in total. The van der Waals surface area contributed by atoms with Gasteiger partial charge in [0, 0.05) is 26.8 Å². The molecule has 14 heavy (non-hydrogen) atoms. The van der Waals surface area contributed by atoms with Crippen molar-refractivity contribution in [3.8, 4) is 0 Å². The Hall–Kier alpha value is -0.120. The lowest BCUT2D eigenvalue weighted by atomic mass is 9.93. The van der Waals surface area contributed by atoms with E-state index in [0.29, 0.717) is 5.41 Å². The van der Waals surface area contributed by atoms with Crippen LogP contribution in [0.3, 0.4) is 0 Å². The van der Waals surface area contributed by atoms with Gasteiger partial charge in [0.15, 0.2) is 0 Å². The Morgan fingerprint density at radius 3 is 2.43 bits per heavy atom. The molecule has 0 amide bonds. The summed E-state index contributed by atoms with van der Waals surface area (Å²) in [6, 6.07) is 0. The summed E-state index contributed by atoms with van der Waals surface area (Å²) in [6.07, 6.45) is 1.09. The molecule has 0 spiro atoms. The maximum absolute atomic E-state index is 4.99. The first-order valence-corrected chi connectivity index (χ1v) is 5.32. The van der Waals surface area contributed by atoms with E-state index >= 15 is 0 Å². The summed E-state index contributed by atoms with van der Waals surface area (Å²) in [4.78, 5) is 2.23. The van der Waals surface area contributed by atoms with Crippen LogP contribution in [0.1, 0.15) is 20.3 Å². The van der Waals surface area contributed by atoms with E-state index in [0.717, 1.165) is 32.7 Å². The lowest BCUT2D eigenvalue weighted by molar-refractivity contribution is 0.189. The molecule has 0 fully saturated rings. The zero-order chi connectivity index (χ0) is 11.0. The zero-order valence-electron chi connectivity index (χ0n) is 10.4. The molecule has 86 valence electrons. The predicted octanol–water partition coefficient (Wildman–Crippen LogP) is 1.20. The van der Waals surface area contributed by atoms with Gasteiger partial charge in [0.2, 0.25) is 0 Å². The average molecular weight is 202 g/mol. The van der Waals surface area contributed by atoms with Crippen molar-refractivity contribution in [1.29, 1.82) is 0 Å². The third-order valence-corrected chi connectivity index (χ3v) is 2.05. The van der Waals surface area contributed by atoms with Crippen molar-refractivity contribution in [1.82, 2.24) is 10.2 Å². The Bertz CT molecular complexity index is 135. The van der Waals surface area contributed by atoms with Crippen molar-refractivity contribution in [3.05, 3.63) is 0 Å². The number of hydrogen-bond acceptors (Lipinski definition) is 3. The molecule has 3 nitrogen and oxygen atoms in total. The van der Waals surface area contributed by atoms with Gasteiger partial charge >= 0.3 is 0 Å². The monoisotopic (exact) mass is 202 g/mol. The van der Waals surface area contributed by atoms with Crippen LogP contribution < -0.4 is 5.32 Å². The molecule has 0 aliphatic rings. The van der Waals surface area contributed by atoms with Crippen LogP contribution in [0.5, 0.6) is 0 Å². The van der Waals surface area contributed by atoms with Crippen LogP contribution >= 0.6 is 0 Å². The van der Waals surface area contributed by atoms with Crippen LogP contribution in [0.15, 0.2) is 0 Å². The average Bonchev–Trinajstić information content (AvgIpc) is 2.01. The Morgan fingerprint density at radius 1 is 1.29 bits per heavy atom. The predicted molar refractivity (Wildman–Crippen MR) is 61.7 cm³/mol. The van der Waals surface area contributed by atoms with Gasteiger partial charge in [0.1, 0.15) is 0 Å². The van der Waals surface area contributed by atoms with Gasteiger partial charge in [-0.2, -0.15) is 0 Å². The number of methoxy groups -OCH3 is 1. The smallest absolute Gasteiger partial charge is 0.0474 e. The molecule has 0 radical (unpaired) electrons. The van der Waals surface area contributed by atoms with E-state index in [1.54, 1.807) is 7.11 Å². The van der Waals surface area contributed by atoms with E-state index in [4.69, 9.17) is 4.74 Å². The van der Waals surface area contributed by atoms with Gasteiger partial charge in [0.05, 0.1) is 0 Å². The Morgan fingerprint density at radius 2 is 1.93 bits per heavy atom.